The van der Waals surface area contributed by atoms with Crippen LogP contribution in [0.5, 0.6) is 5.88 Å². The maximum Gasteiger partial charge on any atom is 0.307 e. The Morgan fingerprint density at radius 1 is 1.18 bits per heavy atom. The first-order valence-electron chi connectivity index (χ1n) is 12.2. The molecule has 2 heterocycles. The van der Waals surface area contributed by atoms with E-state index in [9.17, 15) is 9.90 Å². The van der Waals surface area contributed by atoms with Crippen LogP contribution in [0.3, 0.4) is 0 Å². The van der Waals surface area contributed by atoms with Crippen molar-refractivity contribution in [3.05, 3.63) is 48.3 Å². The first-order valence-corrected chi connectivity index (χ1v) is 12.2. The number of hydrogen-bond donors (Lipinski definition) is 1. The number of aromatic nitrogens is 2. The van der Waals surface area contributed by atoms with Gasteiger partial charge in [0.2, 0.25) is 11.6 Å². The lowest BCUT2D eigenvalue weighted by Gasteiger charge is -2.27. The average Bonchev–Trinajstić information content (AvgIpc) is 3.44. The monoisotopic (exact) mass is 462 g/mol. The van der Waals surface area contributed by atoms with Crippen LogP contribution in [-0.4, -0.2) is 27.1 Å². The molecule has 0 radical (unpaired) electrons. The van der Waals surface area contributed by atoms with Gasteiger partial charge in [0.25, 0.3) is 0 Å². The Balaban J connectivity index is 1.60. The minimum atomic E-state index is -0.736. The van der Waals surface area contributed by atoms with Gasteiger partial charge in [0.1, 0.15) is 17.5 Å². The second-order valence-electron chi connectivity index (χ2n) is 10.3. The Hall–Kier alpha value is -3.15. The standard InChI is InChI=1S/C28H34N2O4/c1-18(11-10-16-21(27(31)32)28(2,3)4)33-25-23-22(19-12-8-9-13-19)24(20-14-6-5-7-15-20)34-26(23)30-17-29-25/h5-7,12,14-15,17-18,21H,8-11,13,16H2,1-4H3,(H,31,32)/t18-,21?/m1/s1. The zero-order chi connectivity index (χ0) is 24.3. The Morgan fingerprint density at radius 2 is 1.94 bits per heavy atom. The molecule has 1 unspecified atom stereocenters. The topological polar surface area (TPSA) is 85.5 Å². The molecule has 0 aliphatic heterocycles. The number of allylic oxidation sites excluding steroid dienone is 2. The molecule has 180 valence electrons. The molecular formula is C28H34N2O4. The third-order valence-electron chi connectivity index (χ3n) is 6.61. The SMILES string of the molecule is C[C@H](CCCC(C(=O)O)C(C)(C)C)Oc1ncnc2oc(-c3ccccc3)c(C3=CCCC3)c12. The van der Waals surface area contributed by atoms with Crippen LogP contribution in [0, 0.1) is 11.3 Å². The number of aliphatic carboxylic acids is 1. The van der Waals surface area contributed by atoms with E-state index in [2.05, 4.69) is 16.0 Å². The highest BCUT2D eigenvalue weighted by Crippen LogP contribution is 2.44. The van der Waals surface area contributed by atoms with Crippen LogP contribution in [0.2, 0.25) is 0 Å². The summed E-state index contributed by atoms with van der Waals surface area (Å²) >= 11 is 0. The molecule has 1 aromatic carbocycles. The van der Waals surface area contributed by atoms with Crippen molar-refractivity contribution in [3.63, 3.8) is 0 Å². The highest BCUT2D eigenvalue weighted by atomic mass is 16.5. The van der Waals surface area contributed by atoms with E-state index in [1.807, 2.05) is 58.0 Å². The number of rotatable bonds is 9. The third-order valence-corrected chi connectivity index (χ3v) is 6.61. The molecule has 6 heteroatoms. The molecular weight excluding hydrogens is 428 g/mol. The third kappa shape index (κ3) is 5.16. The van der Waals surface area contributed by atoms with E-state index in [1.54, 1.807) is 0 Å². The van der Waals surface area contributed by atoms with Gasteiger partial charge >= 0.3 is 5.97 Å². The molecule has 2 aromatic heterocycles. The number of hydrogen-bond acceptors (Lipinski definition) is 5. The molecule has 3 aromatic rings. The number of carboxylic acids is 1. The smallest absolute Gasteiger partial charge is 0.307 e. The van der Waals surface area contributed by atoms with Crippen LogP contribution >= 0.6 is 0 Å². The zero-order valence-corrected chi connectivity index (χ0v) is 20.5. The van der Waals surface area contributed by atoms with E-state index in [0.29, 0.717) is 18.0 Å². The number of benzene rings is 1. The quantitative estimate of drug-likeness (QED) is 0.364. The molecule has 1 aliphatic carbocycles. The van der Waals surface area contributed by atoms with Crippen LogP contribution in [0.15, 0.2) is 47.2 Å². The number of carbonyl (C=O) groups is 1. The summed E-state index contributed by atoms with van der Waals surface area (Å²) in [6.45, 7) is 7.94. The van der Waals surface area contributed by atoms with Gasteiger partial charge in [0, 0.05) is 11.1 Å². The van der Waals surface area contributed by atoms with Crippen LogP contribution in [0.4, 0.5) is 0 Å². The maximum absolute atomic E-state index is 11.7. The van der Waals surface area contributed by atoms with Crippen LogP contribution < -0.4 is 4.74 Å². The van der Waals surface area contributed by atoms with E-state index in [4.69, 9.17) is 9.15 Å². The zero-order valence-electron chi connectivity index (χ0n) is 20.5. The van der Waals surface area contributed by atoms with E-state index in [1.165, 1.54) is 11.9 Å². The maximum atomic E-state index is 11.7. The van der Waals surface area contributed by atoms with Gasteiger partial charge < -0.3 is 14.3 Å². The summed E-state index contributed by atoms with van der Waals surface area (Å²) in [6.07, 6.45) is 8.92. The van der Waals surface area contributed by atoms with Gasteiger partial charge in [-0.25, -0.2) is 9.97 Å². The van der Waals surface area contributed by atoms with Crippen molar-refractivity contribution in [2.45, 2.75) is 72.3 Å². The predicted molar refractivity (Wildman–Crippen MR) is 134 cm³/mol. The molecule has 0 amide bonds. The summed E-state index contributed by atoms with van der Waals surface area (Å²) in [4.78, 5) is 20.6. The molecule has 2 atom stereocenters. The summed E-state index contributed by atoms with van der Waals surface area (Å²) < 4.78 is 12.6. The molecule has 1 aliphatic rings. The van der Waals surface area contributed by atoms with Gasteiger partial charge in [-0.1, -0.05) is 57.2 Å². The van der Waals surface area contributed by atoms with Crippen molar-refractivity contribution in [2.75, 3.05) is 0 Å². The largest absolute Gasteiger partial charge is 0.481 e. The summed E-state index contributed by atoms with van der Waals surface area (Å²) in [5, 5.41) is 10.4. The van der Waals surface area contributed by atoms with Crippen LogP contribution in [0.25, 0.3) is 28.0 Å². The lowest BCUT2D eigenvalue weighted by Crippen LogP contribution is -2.28. The van der Waals surface area contributed by atoms with E-state index < -0.39 is 5.97 Å². The average molecular weight is 463 g/mol. The fraction of sp³-hybridized carbons (Fsp3) is 0.464. The number of ether oxygens (including phenoxy) is 1. The van der Waals surface area contributed by atoms with Crippen molar-refractivity contribution in [1.82, 2.24) is 9.97 Å². The van der Waals surface area contributed by atoms with Crippen molar-refractivity contribution < 1.29 is 19.1 Å². The first-order chi connectivity index (χ1) is 16.3. The first kappa shape index (κ1) is 24.0. The highest BCUT2D eigenvalue weighted by Gasteiger charge is 2.31. The van der Waals surface area contributed by atoms with E-state index in [0.717, 1.165) is 54.4 Å². The number of nitrogens with zero attached hydrogens (tertiary/aromatic N) is 2. The van der Waals surface area contributed by atoms with E-state index in [-0.39, 0.29) is 17.4 Å². The summed E-state index contributed by atoms with van der Waals surface area (Å²) in [5.74, 6) is 0.210. The molecule has 6 nitrogen and oxygen atoms in total. The van der Waals surface area contributed by atoms with Crippen molar-refractivity contribution in [1.29, 1.82) is 0 Å². The molecule has 0 saturated carbocycles. The molecule has 0 saturated heterocycles. The van der Waals surface area contributed by atoms with Crippen LogP contribution in [-0.2, 0) is 4.79 Å². The normalized spacial score (nSPS) is 15.8. The fourth-order valence-corrected chi connectivity index (χ4v) is 4.78. The van der Waals surface area contributed by atoms with Gasteiger partial charge in [0.15, 0.2) is 0 Å². The van der Waals surface area contributed by atoms with Gasteiger partial charge in [-0.2, -0.15) is 0 Å². The molecule has 0 bridgehead atoms. The Bertz CT molecular complexity index is 1170. The number of carboxylic acid groups (broad SMARTS) is 1. The minimum Gasteiger partial charge on any atom is -0.481 e. The molecule has 1 N–H and O–H groups in total. The second kappa shape index (κ2) is 10.00. The van der Waals surface area contributed by atoms with Gasteiger partial charge in [-0.3, -0.25) is 4.79 Å². The fourth-order valence-electron chi connectivity index (χ4n) is 4.78. The second-order valence-corrected chi connectivity index (χ2v) is 10.3. The highest BCUT2D eigenvalue weighted by molar-refractivity contribution is 5.99. The molecule has 34 heavy (non-hydrogen) atoms. The lowest BCUT2D eigenvalue weighted by atomic mass is 9.78. The number of fused-ring (bicyclic) bond motifs is 1. The Kier molecular flexibility index (Phi) is 7.05. The number of furan rings is 1. The van der Waals surface area contributed by atoms with Gasteiger partial charge in [0.05, 0.1) is 12.0 Å². The summed E-state index contributed by atoms with van der Waals surface area (Å²) in [5.41, 5.74) is 3.53. The van der Waals surface area contributed by atoms with Gasteiger partial charge in [-0.05, 0) is 56.4 Å². The molecule has 0 fully saturated rings. The van der Waals surface area contributed by atoms with E-state index >= 15 is 0 Å². The Labute approximate surface area is 201 Å². The molecule has 0 spiro atoms. The van der Waals surface area contributed by atoms with Crippen molar-refractivity contribution in [3.8, 4) is 17.2 Å². The summed E-state index contributed by atoms with van der Waals surface area (Å²) in [6, 6.07) is 10.1. The minimum absolute atomic E-state index is 0.118. The van der Waals surface area contributed by atoms with Gasteiger partial charge in [-0.15, -0.1) is 0 Å². The molecule has 4 rings (SSSR count). The Morgan fingerprint density at radius 3 is 2.59 bits per heavy atom. The predicted octanol–water partition coefficient (Wildman–Crippen LogP) is 7.14. The van der Waals surface area contributed by atoms with Crippen LogP contribution in [0.1, 0.15) is 71.8 Å². The lowest BCUT2D eigenvalue weighted by molar-refractivity contribution is -0.145. The van der Waals surface area contributed by atoms with Crippen molar-refractivity contribution >= 4 is 22.6 Å². The summed E-state index contributed by atoms with van der Waals surface area (Å²) in [7, 11) is 0. The van der Waals surface area contributed by atoms with Crippen molar-refractivity contribution in [2.24, 2.45) is 11.3 Å².